The second-order valence-electron chi connectivity index (χ2n) is 9.61. The Morgan fingerprint density at radius 3 is 2.79 bits per heavy atom. The van der Waals surface area contributed by atoms with Gasteiger partial charge in [-0.15, -0.1) is 0 Å². The van der Waals surface area contributed by atoms with Crippen molar-refractivity contribution >= 4 is 29.5 Å². The average Bonchev–Trinajstić information content (AvgIpc) is 2.82. The smallest absolute Gasteiger partial charge is 0.242 e. The monoisotopic (exact) mass is 496 g/mol. The zero-order chi connectivity index (χ0) is 24.9. The number of thioether (sulfide) groups is 1. The lowest BCUT2D eigenvalue weighted by Gasteiger charge is -2.32. The minimum absolute atomic E-state index is 0.0817. The van der Waals surface area contributed by atoms with Gasteiger partial charge in [-0.3, -0.25) is 14.4 Å². The van der Waals surface area contributed by atoms with Crippen LogP contribution in [0.4, 0.5) is 0 Å². The summed E-state index contributed by atoms with van der Waals surface area (Å²) in [5.74, 6) is 0.649. The van der Waals surface area contributed by atoms with Gasteiger partial charge < -0.3 is 26.4 Å². The third kappa shape index (κ3) is 9.58. The van der Waals surface area contributed by atoms with Crippen LogP contribution in [0, 0.1) is 11.8 Å². The largest absolute Gasteiger partial charge is 0.391 e. The number of aliphatic hydroxyl groups is 1. The molecule has 8 nitrogen and oxygen atoms in total. The molecule has 6 atom stereocenters. The molecule has 2 aliphatic rings. The van der Waals surface area contributed by atoms with E-state index in [9.17, 15) is 19.5 Å². The van der Waals surface area contributed by atoms with Crippen molar-refractivity contribution in [3.8, 4) is 0 Å². The van der Waals surface area contributed by atoms with E-state index in [2.05, 4.69) is 40.3 Å². The minimum atomic E-state index is -0.865. The Hall–Kier alpha value is -1.58. The van der Waals surface area contributed by atoms with Gasteiger partial charge in [0.2, 0.25) is 17.7 Å². The van der Waals surface area contributed by atoms with Crippen LogP contribution >= 0.6 is 11.8 Å². The van der Waals surface area contributed by atoms with E-state index in [4.69, 9.17) is 0 Å². The summed E-state index contributed by atoms with van der Waals surface area (Å²) in [6, 6.07) is -1.51. The molecule has 0 aromatic carbocycles. The molecule has 34 heavy (non-hydrogen) atoms. The van der Waals surface area contributed by atoms with Crippen LogP contribution in [0.15, 0.2) is 12.2 Å². The van der Waals surface area contributed by atoms with Crippen molar-refractivity contribution in [2.24, 2.45) is 11.8 Å². The molecule has 194 valence electrons. The van der Waals surface area contributed by atoms with Crippen LogP contribution in [0.5, 0.6) is 0 Å². The number of piperidine rings is 1. The molecule has 3 amide bonds. The van der Waals surface area contributed by atoms with E-state index in [0.717, 1.165) is 50.8 Å². The van der Waals surface area contributed by atoms with Crippen molar-refractivity contribution in [2.45, 2.75) is 89.9 Å². The average molecular weight is 497 g/mol. The van der Waals surface area contributed by atoms with E-state index >= 15 is 0 Å². The number of rotatable bonds is 7. The summed E-state index contributed by atoms with van der Waals surface area (Å²) in [5.41, 5.74) is 0. The van der Waals surface area contributed by atoms with Gasteiger partial charge in [0.1, 0.15) is 6.04 Å². The molecule has 0 aromatic rings. The molecule has 5 N–H and O–H groups in total. The summed E-state index contributed by atoms with van der Waals surface area (Å²) in [7, 11) is 0. The molecule has 1 saturated heterocycles. The van der Waals surface area contributed by atoms with Gasteiger partial charge in [-0.25, -0.2) is 0 Å². The molecule has 0 spiro atoms. The number of carbonyl (C=O) groups is 3. The van der Waals surface area contributed by atoms with E-state index < -0.39 is 18.2 Å². The number of fused-ring (bicyclic) bond motifs is 1. The lowest BCUT2D eigenvalue weighted by Crippen LogP contribution is -2.57. The minimum Gasteiger partial charge on any atom is -0.391 e. The highest BCUT2D eigenvalue weighted by Crippen LogP contribution is 2.23. The summed E-state index contributed by atoms with van der Waals surface area (Å²) in [6.07, 6.45) is 9.51. The molecule has 0 aromatic heterocycles. The Bertz CT molecular complexity index is 690. The first-order valence-corrected chi connectivity index (χ1v) is 14.0. The zero-order valence-corrected chi connectivity index (χ0v) is 21.8. The molecule has 0 bridgehead atoms. The lowest BCUT2D eigenvalue weighted by molar-refractivity contribution is -0.131. The molecule has 2 aliphatic heterocycles. The number of allylic oxidation sites excluding steroid dienone is 1. The molecular formula is C25H44N4O4S. The van der Waals surface area contributed by atoms with Crippen molar-refractivity contribution in [3.05, 3.63) is 12.2 Å². The molecular weight excluding hydrogens is 452 g/mol. The highest BCUT2D eigenvalue weighted by atomic mass is 32.2. The standard InChI is InChI=1S/C25H44N4O4S/c1-4-5-12-27-23(31)17(2)15-21(30)20-16-34-14-8-6-7-10-19-11-9-13-26-22(19)25(33)28-18(3)24(32)29-20/h6,8,17-22,26,30H,4-5,7,9-16H2,1-3H3,(H,27,31)(H,28,33)(H,29,32)/b8-6+/t17-,18+,19+,20+,21+,22-/m1/s1. The summed E-state index contributed by atoms with van der Waals surface area (Å²) in [4.78, 5) is 38.2. The van der Waals surface area contributed by atoms with Crippen molar-refractivity contribution < 1.29 is 19.5 Å². The molecule has 0 aliphatic carbocycles. The molecule has 2 heterocycles. The number of amides is 3. The normalized spacial score (nSPS) is 29.9. The maximum Gasteiger partial charge on any atom is 0.242 e. The van der Waals surface area contributed by atoms with Gasteiger partial charge in [0.15, 0.2) is 0 Å². The first-order valence-electron chi connectivity index (χ1n) is 12.9. The van der Waals surface area contributed by atoms with Crippen molar-refractivity contribution in [1.82, 2.24) is 21.3 Å². The molecule has 2 rings (SSSR count). The predicted octanol–water partition coefficient (Wildman–Crippen LogP) is 1.73. The second kappa shape index (κ2) is 15.4. The van der Waals surface area contributed by atoms with Crippen LogP contribution in [0.3, 0.4) is 0 Å². The first-order chi connectivity index (χ1) is 16.3. The fourth-order valence-electron chi connectivity index (χ4n) is 4.45. The van der Waals surface area contributed by atoms with Gasteiger partial charge in [0.05, 0.1) is 18.2 Å². The maximum absolute atomic E-state index is 12.9. The van der Waals surface area contributed by atoms with E-state index in [0.29, 0.717) is 12.3 Å². The van der Waals surface area contributed by atoms with Crippen LogP contribution in [-0.2, 0) is 14.4 Å². The third-order valence-electron chi connectivity index (χ3n) is 6.67. The van der Waals surface area contributed by atoms with Crippen LogP contribution in [0.25, 0.3) is 0 Å². The topological polar surface area (TPSA) is 120 Å². The van der Waals surface area contributed by atoms with Gasteiger partial charge in [-0.05, 0) is 57.9 Å². The SMILES string of the molecule is CCCCNC(=O)[C@H](C)C[C@H](O)[C@@H]1CSC/C=C/CC[C@H]2CCCN[C@H]2C(=O)N[C@@H](C)C(=O)N1. The first kappa shape index (κ1) is 28.7. The predicted molar refractivity (Wildman–Crippen MR) is 137 cm³/mol. The number of hydrogen-bond acceptors (Lipinski definition) is 6. The quantitative estimate of drug-likeness (QED) is 0.271. The van der Waals surface area contributed by atoms with Crippen LogP contribution in [0.2, 0.25) is 0 Å². The summed E-state index contributed by atoms with van der Waals surface area (Å²) in [5, 5.41) is 22.9. The van der Waals surface area contributed by atoms with E-state index in [1.807, 2.05) is 0 Å². The van der Waals surface area contributed by atoms with Gasteiger partial charge in [-0.1, -0.05) is 32.4 Å². The molecule has 1 fully saturated rings. The highest BCUT2D eigenvalue weighted by Gasteiger charge is 2.33. The van der Waals surface area contributed by atoms with Crippen molar-refractivity contribution in [3.63, 3.8) is 0 Å². The molecule has 0 saturated carbocycles. The van der Waals surface area contributed by atoms with Gasteiger partial charge in [-0.2, -0.15) is 11.8 Å². The Labute approximate surface area is 208 Å². The number of aliphatic hydroxyl groups excluding tert-OH is 1. The van der Waals surface area contributed by atoms with Gasteiger partial charge in [0, 0.05) is 24.0 Å². The zero-order valence-electron chi connectivity index (χ0n) is 21.0. The summed E-state index contributed by atoms with van der Waals surface area (Å²) in [6.45, 7) is 6.97. The number of hydrogen-bond donors (Lipinski definition) is 5. The van der Waals surface area contributed by atoms with Crippen LogP contribution in [0.1, 0.15) is 65.7 Å². The third-order valence-corrected chi connectivity index (χ3v) is 7.69. The molecule has 0 radical (unpaired) electrons. The van der Waals surface area contributed by atoms with Crippen LogP contribution < -0.4 is 21.3 Å². The Kier molecular flexibility index (Phi) is 13.0. The van der Waals surface area contributed by atoms with Crippen LogP contribution in [-0.4, -0.2) is 71.7 Å². The van der Waals surface area contributed by atoms with E-state index in [1.54, 1.807) is 25.6 Å². The fourth-order valence-corrected chi connectivity index (χ4v) is 5.42. The van der Waals surface area contributed by atoms with Gasteiger partial charge >= 0.3 is 0 Å². The second-order valence-corrected chi connectivity index (χ2v) is 10.7. The van der Waals surface area contributed by atoms with Gasteiger partial charge in [0.25, 0.3) is 0 Å². The summed E-state index contributed by atoms with van der Waals surface area (Å²) >= 11 is 1.64. The van der Waals surface area contributed by atoms with E-state index in [1.165, 1.54) is 0 Å². The maximum atomic E-state index is 12.9. The molecule has 0 unspecified atom stereocenters. The van der Waals surface area contributed by atoms with Crippen molar-refractivity contribution in [2.75, 3.05) is 24.6 Å². The Balaban J connectivity index is 2.03. The van der Waals surface area contributed by atoms with Crippen molar-refractivity contribution in [1.29, 1.82) is 0 Å². The fraction of sp³-hybridized carbons (Fsp3) is 0.800. The Morgan fingerprint density at radius 2 is 2.03 bits per heavy atom. The number of carbonyl (C=O) groups excluding carboxylic acids is 3. The Morgan fingerprint density at radius 1 is 1.24 bits per heavy atom. The number of unbranched alkanes of at least 4 members (excludes halogenated alkanes) is 1. The lowest BCUT2D eigenvalue weighted by atomic mass is 9.86. The number of nitrogens with one attached hydrogen (secondary N) is 4. The summed E-state index contributed by atoms with van der Waals surface area (Å²) < 4.78 is 0. The van der Waals surface area contributed by atoms with E-state index in [-0.39, 0.29) is 42.0 Å². The highest BCUT2D eigenvalue weighted by molar-refractivity contribution is 7.99. The molecule has 9 heteroatoms.